The number of aromatic nitrogens is 2. The van der Waals surface area contributed by atoms with Gasteiger partial charge in [-0.2, -0.15) is 4.31 Å². The minimum absolute atomic E-state index is 0.0521. The van der Waals surface area contributed by atoms with Gasteiger partial charge in [0.05, 0.1) is 16.5 Å². The first-order valence-electron chi connectivity index (χ1n) is 9.18. The maximum Gasteiger partial charge on any atom is 0.243 e. The molecule has 2 heterocycles. The van der Waals surface area contributed by atoms with Gasteiger partial charge in [0.15, 0.2) is 0 Å². The summed E-state index contributed by atoms with van der Waals surface area (Å²) in [6.45, 7) is 4.12. The van der Waals surface area contributed by atoms with Gasteiger partial charge in [-0.05, 0) is 31.2 Å². The third-order valence-electron chi connectivity index (χ3n) is 5.15. The van der Waals surface area contributed by atoms with Crippen molar-refractivity contribution in [3.63, 3.8) is 0 Å². The Labute approximate surface area is 169 Å². The van der Waals surface area contributed by atoms with E-state index in [4.69, 9.17) is 11.6 Å². The Balaban J connectivity index is 1.49. The summed E-state index contributed by atoms with van der Waals surface area (Å²) < 4.78 is 27.1. The monoisotopic (exact) mass is 416 g/mol. The lowest BCUT2D eigenvalue weighted by molar-refractivity contribution is 0.141. The van der Waals surface area contributed by atoms with Gasteiger partial charge >= 0.3 is 0 Å². The van der Waals surface area contributed by atoms with Crippen molar-refractivity contribution in [2.75, 3.05) is 26.2 Å². The zero-order valence-electron chi connectivity index (χ0n) is 15.5. The fourth-order valence-corrected chi connectivity index (χ4v) is 5.17. The number of para-hydroxylation sites is 1. The lowest BCUT2D eigenvalue weighted by atomic mass is 10.2. The van der Waals surface area contributed by atoms with Gasteiger partial charge < -0.3 is 0 Å². The number of fused-ring (bicyclic) bond motifs is 1. The normalized spacial score (nSPS) is 17.6. The van der Waals surface area contributed by atoms with E-state index in [1.807, 2.05) is 37.3 Å². The van der Waals surface area contributed by atoms with Crippen molar-refractivity contribution in [3.8, 4) is 0 Å². The molecule has 1 unspecified atom stereocenters. The predicted molar refractivity (Wildman–Crippen MR) is 110 cm³/mol. The van der Waals surface area contributed by atoms with Crippen LogP contribution >= 0.6 is 11.6 Å². The van der Waals surface area contributed by atoms with Crippen LogP contribution in [-0.4, -0.2) is 53.8 Å². The van der Waals surface area contributed by atoms with Crippen LogP contribution < -0.4 is 0 Å². The molecule has 0 spiro atoms. The second-order valence-corrected chi connectivity index (χ2v) is 9.11. The molecule has 0 saturated carbocycles. The van der Waals surface area contributed by atoms with Crippen LogP contribution in [-0.2, 0) is 10.0 Å². The van der Waals surface area contributed by atoms with Crippen molar-refractivity contribution in [2.24, 2.45) is 0 Å². The zero-order valence-corrected chi connectivity index (χ0v) is 17.1. The van der Waals surface area contributed by atoms with Crippen LogP contribution in [0.2, 0.25) is 5.15 Å². The quantitative estimate of drug-likeness (QED) is 0.610. The average Bonchev–Trinajstić information content (AvgIpc) is 2.74. The van der Waals surface area contributed by atoms with Gasteiger partial charge in [0, 0.05) is 31.6 Å². The Kier molecular flexibility index (Phi) is 5.33. The van der Waals surface area contributed by atoms with Gasteiger partial charge in [-0.15, -0.1) is 0 Å². The summed E-state index contributed by atoms with van der Waals surface area (Å²) >= 11 is 6.34. The maximum absolute atomic E-state index is 12.8. The molecule has 1 aromatic heterocycles. The number of hydrogen-bond acceptors (Lipinski definition) is 5. The first kappa shape index (κ1) is 19.3. The molecule has 1 saturated heterocycles. The molecular weight excluding hydrogens is 396 g/mol. The molecule has 146 valence electrons. The fourth-order valence-electron chi connectivity index (χ4n) is 3.48. The zero-order chi connectivity index (χ0) is 19.7. The molecule has 0 amide bonds. The van der Waals surface area contributed by atoms with Crippen LogP contribution in [0, 0.1) is 0 Å². The Morgan fingerprint density at radius 2 is 1.57 bits per heavy atom. The van der Waals surface area contributed by atoms with Crippen LogP contribution in [0.3, 0.4) is 0 Å². The summed E-state index contributed by atoms with van der Waals surface area (Å²) in [6, 6.07) is 16.2. The molecule has 6 nitrogen and oxygen atoms in total. The fraction of sp³-hybridized carbons (Fsp3) is 0.300. The maximum atomic E-state index is 12.8. The Morgan fingerprint density at radius 1 is 0.929 bits per heavy atom. The van der Waals surface area contributed by atoms with Gasteiger partial charge in [-0.1, -0.05) is 41.9 Å². The number of nitrogens with zero attached hydrogens (tertiary/aromatic N) is 4. The van der Waals surface area contributed by atoms with Gasteiger partial charge in [0.25, 0.3) is 0 Å². The molecule has 0 N–H and O–H groups in total. The first-order chi connectivity index (χ1) is 13.5. The summed E-state index contributed by atoms with van der Waals surface area (Å²) in [7, 11) is -3.46. The van der Waals surface area contributed by atoms with E-state index in [-0.39, 0.29) is 6.04 Å². The van der Waals surface area contributed by atoms with Crippen molar-refractivity contribution >= 4 is 32.5 Å². The van der Waals surface area contributed by atoms with Crippen molar-refractivity contribution < 1.29 is 8.42 Å². The SMILES string of the molecule is CC(c1nc(Cl)c2ccccc2n1)N1CCN(S(=O)(=O)c2ccccc2)CC1. The molecule has 1 aliphatic heterocycles. The summed E-state index contributed by atoms with van der Waals surface area (Å²) in [5.41, 5.74) is 0.814. The van der Waals surface area contributed by atoms with Crippen molar-refractivity contribution in [3.05, 3.63) is 65.6 Å². The molecule has 0 aliphatic carbocycles. The number of piperazine rings is 1. The summed E-state index contributed by atoms with van der Waals surface area (Å²) in [6.07, 6.45) is 0. The summed E-state index contributed by atoms with van der Waals surface area (Å²) in [5, 5.41) is 1.27. The standard InChI is InChI=1S/C20H21ClN4O2S/c1-15(20-22-18-10-6-5-9-17(18)19(21)23-20)24-11-13-25(14-12-24)28(26,27)16-7-3-2-4-8-16/h2-10,15H,11-14H2,1H3. The largest absolute Gasteiger partial charge is 0.291 e. The second-order valence-electron chi connectivity index (χ2n) is 6.82. The highest BCUT2D eigenvalue weighted by Crippen LogP contribution is 2.26. The van der Waals surface area contributed by atoms with Crippen LogP contribution in [0.15, 0.2) is 59.5 Å². The van der Waals surface area contributed by atoms with Gasteiger partial charge in [-0.3, -0.25) is 4.90 Å². The van der Waals surface area contributed by atoms with Crippen LogP contribution in [0.1, 0.15) is 18.8 Å². The Bertz CT molecular complexity index is 1080. The molecule has 1 atom stereocenters. The molecule has 1 aliphatic rings. The number of hydrogen-bond donors (Lipinski definition) is 0. The minimum Gasteiger partial charge on any atom is -0.291 e. The van der Waals surface area contributed by atoms with Crippen LogP contribution in [0.5, 0.6) is 0 Å². The van der Waals surface area contributed by atoms with E-state index in [2.05, 4.69) is 14.9 Å². The highest BCUT2D eigenvalue weighted by Gasteiger charge is 2.31. The average molecular weight is 417 g/mol. The van der Waals surface area contributed by atoms with E-state index in [9.17, 15) is 8.42 Å². The minimum atomic E-state index is -3.46. The first-order valence-corrected chi connectivity index (χ1v) is 11.0. The Morgan fingerprint density at radius 3 is 2.29 bits per heavy atom. The van der Waals surface area contributed by atoms with Crippen molar-refractivity contribution in [2.45, 2.75) is 17.9 Å². The molecule has 4 rings (SSSR count). The van der Waals surface area contributed by atoms with Gasteiger partial charge in [-0.25, -0.2) is 18.4 Å². The number of sulfonamides is 1. The smallest absolute Gasteiger partial charge is 0.243 e. The van der Waals surface area contributed by atoms with E-state index < -0.39 is 10.0 Å². The lowest BCUT2D eigenvalue weighted by Crippen LogP contribution is -2.49. The summed E-state index contributed by atoms with van der Waals surface area (Å²) in [5.74, 6) is 0.656. The number of rotatable bonds is 4. The van der Waals surface area contributed by atoms with Crippen LogP contribution in [0.25, 0.3) is 10.9 Å². The molecule has 0 radical (unpaired) electrons. The number of halogens is 1. The van der Waals surface area contributed by atoms with Gasteiger partial charge in [0.1, 0.15) is 11.0 Å². The van der Waals surface area contributed by atoms with Crippen molar-refractivity contribution in [1.29, 1.82) is 0 Å². The van der Waals surface area contributed by atoms with E-state index >= 15 is 0 Å². The van der Waals surface area contributed by atoms with Crippen molar-refractivity contribution in [1.82, 2.24) is 19.2 Å². The topological polar surface area (TPSA) is 66.4 Å². The highest BCUT2D eigenvalue weighted by atomic mass is 35.5. The predicted octanol–water partition coefficient (Wildman–Crippen LogP) is 3.35. The van der Waals surface area contributed by atoms with E-state index in [0.29, 0.717) is 42.1 Å². The molecule has 2 aromatic carbocycles. The lowest BCUT2D eigenvalue weighted by Gasteiger charge is -2.36. The molecule has 28 heavy (non-hydrogen) atoms. The molecule has 0 bridgehead atoms. The number of benzene rings is 2. The molecule has 1 fully saturated rings. The van der Waals surface area contributed by atoms with E-state index in [1.54, 1.807) is 28.6 Å². The third-order valence-corrected chi connectivity index (χ3v) is 7.35. The van der Waals surface area contributed by atoms with E-state index in [1.165, 1.54) is 0 Å². The van der Waals surface area contributed by atoms with Gasteiger partial charge in [0.2, 0.25) is 10.0 Å². The molecule has 8 heteroatoms. The second kappa shape index (κ2) is 7.75. The highest BCUT2D eigenvalue weighted by molar-refractivity contribution is 7.89. The molecular formula is C20H21ClN4O2S. The summed E-state index contributed by atoms with van der Waals surface area (Å²) in [4.78, 5) is 11.7. The third kappa shape index (κ3) is 3.63. The Hall–Kier alpha value is -2.06. The van der Waals surface area contributed by atoms with E-state index in [0.717, 1.165) is 10.9 Å². The molecule has 3 aromatic rings. The van der Waals surface area contributed by atoms with Crippen LogP contribution in [0.4, 0.5) is 0 Å².